The van der Waals surface area contributed by atoms with Crippen LogP contribution in [0.25, 0.3) is 0 Å². The van der Waals surface area contributed by atoms with Gasteiger partial charge in [0.15, 0.2) is 0 Å². The Morgan fingerprint density at radius 1 is 0.722 bits per heavy atom. The molecule has 0 rings (SSSR count). The highest BCUT2D eigenvalue weighted by atomic mass is 28.3. The predicted octanol–water partition coefficient (Wildman–Crippen LogP) is 4.60. The summed E-state index contributed by atoms with van der Waals surface area (Å²) in [6.45, 7) is 2.89. The van der Waals surface area contributed by atoms with Crippen LogP contribution in [-0.2, 0) is 0 Å². The molecule has 0 aliphatic rings. The van der Waals surface area contributed by atoms with E-state index in [1.54, 1.807) is 0 Å². The Labute approximate surface area is 98.8 Å². The number of alkyl halides is 9. The third kappa shape index (κ3) is 3.12. The Hall–Kier alpha value is -0.413. The van der Waals surface area contributed by atoms with E-state index in [4.69, 9.17) is 0 Å². The summed E-state index contributed by atoms with van der Waals surface area (Å²) in [4.78, 5) is 0. The van der Waals surface area contributed by atoms with Gasteiger partial charge in [0, 0.05) is 15.2 Å². The molecule has 10 heteroatoms. The van der Waals surface area contributed by atoms with E-state index in [0.29, 0.717) is 0 Å². The van der Waals surface area contributed by atoms with Crippen molar-refractivity contribution < 1.29 is 39.5 Å². The second kappa shape index (κ2) is 4.93. The molecule has 0 aromatic heterocycles. The maximum Gasteiger partial charge on any atom is 0.460 e. The minimum absolute atomic E-state index is 0.499. The van der Waals surface area contributed by atoms with Crippen LogP contribution in [0.2, 0.25) is 19.1 Å². The Bertz CT molecular complexity index is 281. The van der Waals surface area contributed by atoms with E-state index in [9.17, 15) is 39.5 Å². The van der Waals surface area contributed by atoms with Crippen LogP contribution in [0.15, 0.2) is 0 Å². The van der Waals surface area contributed by atoms with E-state index in [1.807, 2.05) is 0 Å². The third-order valence-corrected chi connectivity index (χ3v) is 3.40. The molecule has 0 saturated carbocycles. The number of hydrogen-bond donors (Lipinski definition) is 0. The zero-order valence-electron chi connectivity index (χ0n) is 9.32. The van der Waals surface area contributed by atoms with Crippen molar-refractivity contribution in [2.24, 2.45) is 0 Å². The molecule has 0 nitrogen and oxygen atoms in total. The molecule has 0 saturated heterocycles. The van der Waals surface area contributed by atoms with Gasteiger partial charge in [-0.2, -0.15) is 39.5 Å². The van der Waals surface area contributed by atoms with E-state index in [2.05, 4.69) is 0 Å². The van der Waals surface area contributed by atoms with Gasteiger partial charge in [-0.15, -0.1) is 0 Å². The summed E-state index contributed by atoms with van der Waals surface area (Å²) in [5.41, 5.74) is 0. The molecule has 0 aliphatic carbocycles. The molecule has 0 unspecified atom stereocenters. The standard InChI is InChI=1S/C8H10F9Si/c1-18(2)4-3-5(9,10)6(11,12)7(13,14)8(15,16)17/h3-4H2,1-2H3. The van der Waals surface area contributed by atoms with Crippen molar-refractivity contribution >= 4 is 8.80 Å². The molecule has 109 valence electrons. The molecule has 0 atom stereocenters. The van der Waals surface area contributed by atoms with Crippen molar-refractivity contribution in [2.75, 3.05) is 0 Å². The molecule has 0 aromatic rings. The van der Waals surface area contributed by atoms with E-state index in [1.165, 1.54) is 13.1 Å². The van der Waals surface area contributed by atoms with E-state index >= 15 is 0 Å². The average molecular weight is 305 g/mol. The van der Waals surface area contributed by atoms with E-state index in [0.717, 1.165) is 0 Å². The largest absolute Gasteiger partial charge is 0.460 e. The second-order valence-electron chi connectivity index (χ2n) is 4.06. The van der Waals surface area contributed by atoms with Gasteiger partial charge in [0.05, 0.1) is 0 Å². The molecule has 1 radical (unpaired) electrons. The second-order valence-corrected chi connectivity index (χ2v) is 6.97. The highest BCUT2D eigenvalue weighted by Gasteiger charge is 2.81. The fourth-order valence-corrected chi connectivity index (χ4v) is 1.79. The van der Waals surface area contributed by atoms with Gasteiger partial charge in [-0.05, 0) is 0 Å². The van der Waals surface area contributed by atoms with Crippen LogP contribution in [0, 0.1) is 0 Å². The summed E-state index contributed by atoms with van der Waals surface area (Å²) in [6, 6.07) is -0.499. The van der Waals surface area contributed by atoms with Gasteiger partial charge in [0.25, 0.3) is 0 Å². The third-order valence-electron chi connectivity index (χ3n) is 2.15. The first-order chi connectivity index (χ1) is 7.67. The summed E-state index contributed by atoms with van der Waals surface area (Å²) >= 11 is 0. The van der Waals surface area contributed by atoms with E-state index < -0.39 is 45.2 Å². The lowest BCUT2D eigenvalue weighted by atomic mass is 10.0. The van der Waals surface area contributed by atoms with E-state index in [-0.39, 0.29) is 0 Å². The molecule has 0 aromatic carbocycles. The van der Waals surface area contributed by atoms with Crippen molar-refractivity contribution in [3.8, 4) is 0 Å². The van der Waals surface area contributed by atoms with Gasteiger partial charge in [0.2, 0.25) is 0 Å². The predicted molar refractivity (Wildman–Crippen MR) is 47.8 cm³/mol. The first kappa shape index (κ1) is 17.6. The maximum absolute atomic E-state index is 12.9. The Balaban J connectivity index is 5.23. The lowest BCUT2D eigenvalue weighted by molar-refractivity contribution is -0.396. The van der Waals surface area contributed by atoms with Gasteiger partial charge in [0.1, 0.15) is 0 Å². The lowest BCUT2D eigenvalue weighted by Gasteiger charge is -2.33. The minimum atomic E-state index is -6.77. The minimum Gasteiger partial charge on any atom is -0.200 e. The van der Waals surface area contributed by atoms with Crippen LogP contribution in [0.3, 0.4) is 0 Å². The summed E-state index contributed by atoms with van der Waals surface area (Å²) in [5.74, 6) is -18.6. The summed E-state index contributed by atoms with van der Waals surface area (Å²) < 4.78 is 111. The first-order valence-corrected chi connectivity index (χ1v) is 7.37. The molecular formula is C8H10F9Si. The maximum atomic E-state index is 12.9. The molecule has 0 heterocycles. The van der Waals surface area contributed by atoms with Crippen LogP contribution in [0.1, 0.15) is 6.42 Å². The molecule has 0 amide bonds. The van der Waals surface area contributed by atoms with Crippen LogP contribution in [-0.4, -0.2) is 32.7 Å². The zero-order valence-corrected chi connectivity index (χ0v) is 10.3. The Morgan fingerprint density at radius 2 is 1.11 bits per heavy atom. The average Bonchev–Trinajstić information content (AvgIpc) is 2.12. The highest BCUT2D eigenvalue weighted by molar-refractivity contribution is 6.55. The lowest BCUT2D eigenvalue weighted by Crippen LogP contribution is -2.60. The number of halogens is 9. The van der Waals surface area contributed by atoms with Crippen LogP contribution in [0.4, 0.5) is 39.5 Å². The van der Waals surface area contributed by atoms with Crippen LogP contribution in [0.5, 0.6) is 0 Å². The molecule has 0 N–H and O–H groups in total. The molecule has 18 heavy (non-hydrogen) atoms. The molecule has 0 aliphatic heterocycles. The summed E-state index contributed by atoms with van der Waals surface area (Å²) in [7, 11) is -1.45. The number of hydrogen-bond acceptors (Lipinski definition) is 0. The fraction of sp³-hybridized carbons (Fsp3) is 1.00. The fourth-order valence-electron chi connectivity index (χ4n) is 0.972. The van der Waals surface area contributed by atoms with Gasteiger partial charge in [-0.3, -0.25) is 0 Å². The van der Waals surface area contributed by atoms with Gasteiger partial charge in [-0.1, -0.05) is 19.1 Å². The van der Waals surface area contributed by atoms with Crippen molar-refractivity contribution in [1.82, 2.24) is 0 Å². The Morgan fingerprint density at radius 3 is 1.39 bits per heavy atom. The quantitative estimate of drug-likeness (QED) is 0.514. The Kier molecular flexibility index (Phi) is 4.82. The van der Waals surface area contributed by atoms with Crippen molar-refractivity contribution in [1.29, 1.82) is 0 Å². The number of rotatable bonds is 5. The van der Waals surface area contributed by atoms with Crippen molar-refractivity contribution in [2.45, 2.75) is 49.5 Å². The zero-order chi connectivity index (χ0) is 15.0. The monoisotopic (exact) mass is 305 g/mol. The molecule has 0 fully saturated rings. The summed E-state index contributed by atoms with van der Waals surface area (Å²) in [6.07, 6.45) is -8.43. The molecule has 0 bridgehead atoms. The van der Waals surface area contributed by atoms with Crippen LogP contribution < -0.4 is 0 Å². The molecular weight excluding hydrogens is 295 g/mol. The van der Waals surface area contributed by atoms with Gasteiger partial charge in [-0.25, -0.2) is 0 Å². The summed E-state index contributed by atoms with van der Waals surface area (Å²) in [5, 5.41) is 0. The smallest absolute Gasteiger partial charge is 0.200 e. The van der Waals surface area contributed by atoms with Gasteiger partial charge < -0.3 is 0 Å². The first-order valence-electron chi connectivity index (χ1n) is 4.66. The SMILES string of the molecule is C[Si](C)CCC(F)(F)C(F)(F)C(F)(F)C(F)(F)F. The van der Waals surface area contributed by atoms with Crippen molar-refractivity contribution in [3.05, 3.63) is 0 Å². The van der Waals surface area contributed by atoms with Crippen LogP contribution >= 0.6 is 0 Å². The highest BCUT2D eigenvalue weighted by Crippen LogP contribution is 2.54. The topological polar surface area (TPSA) is 0 Å². The van der Waals surface area contributed by atoms with Gasteiger partial charge >= 0.3 is 23.9 Å². The molecule has 0 spiro atoms. The normalized spacial score (nSPS) is 15.3. The van der Waals surface area contributed by atoms with Crippen molar-refractivity contribution in [3.63, 3.8) is 0 Å².